The fraction of sp³-hybridized carbons (Fsp3) is 0.429. The summed E-state index contributed by atoms with van der Waals surface area (Å²) in [7, 11) is 0. The maximum atomic E-state index is 13.6. The molecule has 0 aromatic heterocycles. The van der Waals surface area contributed by atoms with E-state index in [2.05, 4.69) is 5.32 Å². The molecule has 1 N–H and O–H groups in total. The quantitative estimate of drug-likeness (QED) is 0.927. The molecule has 0 unspecified atom stereocenters. The van der Waals surface area contributed by atoms with Crippen molar-refractivity contribution >= 4 is 29.2 Å². The van der Waals surface area contributed by atoms with Crippen LogP contribution in [0.2, 0.25) is 5.02 Å². The van der Waals surface area contributed by atoms with Crippen LogP contribution in [0.5, 0.6) is 0 Å². The number of hydrogen-bond acceptors (Lipinski definition) is 3. The average molecular weight is 299 g/mol. The molecule has 2 atom stereocenters. The van der Waals surface area contributed by atoms with Gasteiger partial charge in [0.1, 0.15) is 5.82 Å². The van der Waals surface area contributed by atoms with Gasteiger partial charge in [-0.2, -0.15) is 0 Å². The summed E-state index contributed by atoms with van der Waals surface area (Å²) in [4.78, 5) is 23.2. The minimum absolute atomic E-state index is 0.00192. The number of benzene rings is 1. The van der Waals surface area contributed by atoms with Crippen molar-refractivity contribution < 1.29 is 19.1 Å². The second-order valence-electron chi connectivity index (χ2n) is 4.93. The van der Waals surface area contributed by atoms with Crippen molar-refractivity contribution in [1.82, 2.24) is 0 Å². The lowest BCUT2D eigenvalue weighted by molar-refractivity contribution is -0.313. The molecule has 0 heterocycles. The Morgan fingerprint density at radius 2 is 1.90 bits per heavy atom. The molecular weight excluding hydrogens is 285 g/mol. The highest BCUT2D eigenvalue weighted by Crippen LogP contribution is 2.31. The standard InChI is InChI=1S/C14H15ClFNO3/c15-8-5-6-12(11(16)7-8)17-13(18)9-3-1-2-4-10(9)14(19)20/h5-7,9-10H,1-4H2,(H,17,18)(H,19,20)/p-1/t9-,10-/m0/s1. The van der Waals surface area contributed by atoms with Crippen LogP contribution in [0.1, 0.15) is 25.7 Å². The highest BCUT2D eigenvalue weighted by molar-refractivity contribution is 6.30. The summed E-state index contributed by atoms with van der Waals surface area (Å²) >= 11 is 5.63. The van der Waals surface area contributed by atoms with Crippen LogP contribution in [0.4, 0.5) is 10.1 Å². The zero-order valence-electron chi connectivity index (χ0n) is 10.7. The Labute approximate surface area is 120 Å². The third-order valence-electron chi connectivity index (χ3n) is 3.59. The largest absolute Gasteiger partial charge is 0.550 e. The number of carbonyl (C=O) groups excluding carboxylic acids is 2. The van der Waals surface area contributed by atoms with Crippen LogP contribution in [0.3, 0.4) is 0 Å². The zero-order chi connectivity index (χ0) is 14.7. The molecule has 2 rings (SSSR count). The Bertz CT molecular complexity index is 535. The van der Waals surface area contributed by atoms with Gasteiger partial charge in [0.25, 0.3) is 0 Å². The summed E-state index contributed by atoms with van der Waals surface area (Å²) in [6.45, 7) is 0. The van der Waals surface area contributed by atoms with Crippen molar-refractivity contribution in [3.63, 3.8) is 0 Å². The predicted molar refractivity (Wildman–Crippen MR) is 70.5 cm³/mol. The van der Waals surface area contributed by atoms with Gasteiger partial charge in [0.05, 0.1) is 5.69 Å². The van der Waals surface area contributed by atoms with Crippen molar-refractivity contribution in [1.29, 1.82) is 0 Å². The van der Waals surface area contributed by atoms with Gasteiger partial charge in [-0.25, -0.2) is 4.39 Å². The van der Waals surface area contributed by atoms with E-state index in [-0.39, 0.29) is 10.7 Å². The van der Waals surface area contributed by atoms with E-state index in [0.29, 0.717) is 12.8 Å². The van der Waals surface area contributed by atoms with Gasteiger partial charge in [-0.15, -0.1) is 0 Å². The minimum atomic E-state index is -1.22. The number of rotatable bonds is 3. The van der Waals surface area contributed by atoms with Crippen LogP contribution in [-0.2, 0) is 9.59 Å². The molecule has 0 bridgehead atoms. The Morgan fingerprint density at radius 1 is 1.25 bits per heavy atom. The average Bonchev–Trinajstić information content (AvgIpc) is 2.41. The number of carboxylic acid groups (broad SMARTS) is 1. The van der Waals surface area contributed by atoms with E-state index in [0.717, 1.165) is 18.9 Å². The molecule has 1 aromatic rings. The Hall–Kier alpha value is -1.62. The summed E-state index contributed by atoms with van der Waals surface area (Å²) in [5, 5.41) is 13.7. The van der Waals surface area contributed by atoms with Crippen molar-refractivity contribution in [2.24, 2.45) is 11.8 Å². The van der Waals surface area contributed by atoms with Crippen molar-refractivity contribution in [2.45, 2.75) is 25.7 Å². The lowest BCUT2D eigenvalue weighted by Crippen LogP contribution is -2.42. The molecule has 1 amide bonds. The van der Waals surface area contributed by atoms with E-state index in [4.69, 9.17) is 11.6 Å². The third-order valence-corrected chi connectivity index (χ3v) is 3.83. The summed E-state index contributed by atoms with van der Waals surface area (Å²) < 4.78 is 13.6. The van der Waals surface area contributed by atoms with Crippen molar-refractivity contribution in [2.75, 3.05) is 5.32 Å². The monoisotopic (exact) mass is 298 g/mol. The van der Waals surface area contributed by atoms with Gasteiger partial charge in [0.2, 0.25) is 5.91 Å². The lowest BCUT2D eigenvalue weighted by atomic mass is 9.78. The van der Waals surface area contributed by atoms with Crippen LogP contribution in [-0.4, -0.2) is 11.9 Å². The molecule has 0 radical (unpaired) electrons. The van der Waals surface area contributed by atoms with E-state index in [1.54, 1.807) is 0 Å². The molecule has 1 saturated carbocycles. The third kappa shape index (κ3) is 3.28. The molecule has 1 aliphatic carbocycles. The molecule has 0 saturated heterocycles. The summed E-state index contributed by atoms with van der Waals surface area (Å²) in [5.41, 5.74) is 0.00192. The SMILES string of the molecule is O=C([O-])[C@H]1CCCC[C@@H]1C(=O)Nc1ccc(Cl)cc1F. The number of carboxylic acids is 1. The van der Waals surface area contributed by atoms with E-state index in [1.807, 2.05) is 0 Å². The molecule has 0 aliphatic heterocycles. The zero-order valence-corrected chi connectivity index (χ0v) is 11.5. The van der Waals surface area contributed by atoms with Crippen LogP contribution in [0.25, 0.3) is 0 Å². The number of amides is 1. The highest BCUT2D eigenvalue weighted by Gasteiger charge is 2.32. The van der Waals surface area contributed by atoms with Crippen LogP contribution in [0, 0.1) is 17.7 Å². The van der Waals surface area contributed by atoms with E-state index < -0.39 is 29.5 Å². The maximum Gasteiger partial charge on any atom is 0.228 e. The van der Waals surface area contributed by atoms with Gasteiger partial charge in [-0.1, -0.05) is 24.4 Å². The second kappa shape index (κ2) is 6.22. The van der Waals surface area contributed by atoms with E-state index in [9.17, 15) is 19.1 Å². The topological polar surface area (TPSA) is 69.2 Å². The first kappa shape index (κ1) is 14.8. The number of carbonyl (C=O) groups is 2. The molecule has 1 aliphatic rings. The molecule has 20 heavy (non-hydrogen) atoms. The van der Waals surface area contributed by atoms with Crippen LogP contribution < -0.4 is 10.4 Å². The lowest BCUT2D eigenvalue weighted by Gasteiger charge is -2.31. The summed E-state index contributed by atoms with van der Waals surface area (Å²) in [6, 6.07) is 3.90. The number of anilines is 1. The minimum Gasteiger partial charge on any atom is -0.550 e. The molecule has 0 spiro atoms. The molecule has 6 heteroatoms. The number of halogens is 2. The van der Waals surface area contributed by atoms with Gasteiger partial charge >= 0.3 is 0 Å². The van der Waals surface area contributed by atoms with Gasteiger partial charge in [0.15, 0.2) is 0 Å². The van der Waals surface area contributed by atoms with Crippen LogP contribution >= 0.6 is 11.6 Å². The second-order valence-corrected chi connectivity index (χ2v) is 5.37. The van der Waals surface area contributed by atoms with Crippen LogP contribution in [0.15, 0.2) is 18.2 Å². The van der Waals surface area contributed by atoms with Gasteiger partial charge in [0, 0.05) is 22.8 Å². The first-order valence-corrected chi connectivity index (χ1v) is 6.83. The number of hydrogen-bond donors (Lipinski definition) is 1. The van der Waals surface area contributed by atoms with Crippen molar-refractivity contribution in [3.8, 4) is 0 Å². The molecule has 1 fully saturated rings. The van der Waals surface area contributed by atoms with E-state index >= 15 is 0 Å². The van der Waals surface area contributed by atoms with Crippen molar-refractivity contribution in [3.05, 3.63) is 29.0 Å². The smallest absolute Gasteiger partial charge is 0.228 e. The fourth-order valence-electron chi connectivity index (χ4n) is 2.54. The molecule has 108 valence electrons. The predicted octanol–water partition coefficient (Wildman–Crippen LogP) is 1.97. The van der Waals surface area contributed by atoms with Gasteiger partial charge in [-0.3, -0.25) is 4.79 Å². The number of aliphatic carboxylic acids is 1. The van der Waals surface area contributed by atoms with E-state index in [1.165, 1.54) is 12.1 Å². The number of nitrogens with one attached hydrogen (secondary N) is 1. The Kier molecular flexibility index (Phi) is 4.60. The first-order chi connectivity index (χ1) is 9.49. The Balaban J connectivity index is 2.12. The Morgan fingerprint density at radius 3 is 2.50 bits per heavy atom. The fourth-order valence-corrected chi connectivity index (χ4v) is 2.70. The van der Waals surface area contributed by atoms with Gasteiger partial charge in [-0.05, 0) is 31.0 Å². The first-order valence-electron chi connectivity index (χ1n) is 6.46. The summed E-state index contributed by atoms with van der Waals surface area (Å²) in [5.74, 6) is -3.84. The molecule has 4 nitrogen and oxygen atoms in total. The maximum absolute atomic E-state index is 13.6. The molecular formula is C14H14ClFNO3-. The summed E-state index contributed by atoms with van der Waals surface area (Å²) in [6.07, 6.45) is 2.44. The van der Waals surface area contributed by atoms with Gasteiger partial charge < -0.3 is 15.2 Å². The molecule has 1 aromatic carbocycles. The normalized spacial score (nSPS) is 22.3. The highest BCUT2D eigenvalue weighted by atomic mass is 35.5.